The summed E-state index contributed by atoms with van der Waals surface area (Å²) in [5, 5.41) is 12.5. The fourth-order valence-electron chi connectivity index (χ4n) is 3.29. The fraction of sp³-hybridized carbons (Fsp3) is 0.350. The highest BCUT2D eigenvalue weighted by Gasteiger charge is 2.29. The number of phenols is 1. The molecule has 2 aromatic rings. The molecule has 3 rings (SSSR count). The Balaban J connectivity index is 1.90. The highest BCUT2D eigenvalue weighted by molar-refractivity contribution is 6.01. The van der Waals surface area contributed by atoms with Gasteiger partial charge in [-0.25, -0.2) is 4.99 Å². The van der Waals surface area contributed by atoms with Crippen molar-refractivity contribution in [2.24, 2.45) is 4.99 Å². The average Bonchev–Trinajstić information content (AvgIpc) is 2.62. The highest BCUT2D eigenvalue weighted by atomic mass is 16.5. The first-order valence-electron chi connectivity index (χ1n) is 8.55. The number of nitrogens with zero attached hydrogens (tertiary/aromatic N) is 1. The van der Waals surface area contributed by atoms with Crippen LogP contribution in [0.15, 0.2) is 53.5 Å². The third-order valence-corrected chi connectivity index (χ3v) is 4.53. The number of nitrogens with two attached hydrogens (primary N) is 1. The summed E-state index contributed by atoms with van der Waals surface area (Å²) in [6.07, 6.45) is 3.13. The van der Waals surface area contributed by atoms with Gasteiger partial charge in [0.25, 0.3) is 0 Å². The Bertz CT molecular complexity index is 710. The van der Waals surface area contributed by atoms with Crippen molar-refractivity contribution in [2.45, 2.75) is 38.4 Å². The molecule has 4 nitrogen and oxygen atoms in total. The second-order valence-corrected chi connectivity index (χ2v) is 6.22. The van der Waals surface area contributed by atoms with E-state index in [2.05, 4.69) is 24.4 Å². The van der Waals surface area contributed by atoms with Crippen molar-refractivity contribution in [1.82, 2.24) is 0 Å². The maximum absolute atomic E-state index is 10.2. The zero-order chi connectivity index (χ0) is 16.9. The van der Waals surface area contributed by atoms with Crippen LogP contribution < -0.4 is 10.1 Å². The molecule has 2 atom stereocenters. The summed E-state index contributed by atoms with van der Waals surface area (Å²) >= 11 is 0. The molecule has 1 aliphatic rings. The molecule has 0 radical (unpaired) electrons. The molecule has 3 N–H and O–H groups in total. The number of hydrogen-bond donors (Lipinski definition) is 2. The predicted octanol–water partition coefficient (Wildman–Crippen LogP) is 3.02. The van der Waals surface area contributed by atoms with E-state index in [0.29, 0.717) is 5.75 Å². The molecule has 0 fully saturated rings. The smallest absolute Gasteiger partial charge is 0.180 e. The number of para-hydroxylation sites is 1. The molecule has 0 spiro atoms. The monoisotopic (exact) mass is 325 g/mol. The Morgan fingerprint density at radius 1 is 1.17 bits per heavy atom. The van der Waals surface area contributed by atoms with Crippen LogP contribution in [-0.4, -0.2) is 24.1 Å². The Hall–Kier alpha value is -2.33. The molecule has 2 aromatic carbocycles. The van der Waals surface area contributed by atoms with Gasteiger partial charge in [-0.15, -0.1) is 0 Å². The van der Waals surface area contributed by atoms with E-state index in [-0.39, 0.29) is 12.2 Å². The Labute approximate surface area is 143 Å². The number of methoxy groups -OCH3 is 1. The third-order valence-electron chi connectivity index (χ3n) is 4.53. The normalized spacial score (nSPS) is 20.5. The molecule has 4 heteroatoms. The molecule has 0 bridgehead atoms. The van der Waals surface area contributed by atoms with E-state index < -0.39 is 0 Å². The van der Waals surface area contributed by atoms with Crippen LogP contribution in [-0.2, 0) is 0 Å². The fourth-order valence-corrected chi connectivity index (χ4v) is 3.29. The number of phenolic OH excluding ortho intramolecular Hbond substituents is 1. The van der Waals surface area contributed by atoms with E-state index in [1.165, 1.54) is 0 Å². The molecular formula is C20H25N2O2+. The summed E-state index contributed by atoms with van der Waals surface area (Å²) in [6.45, 7) is 2.18. The van der Waals surface area contributed by atoms with Crippen molar-refractivity contribution < 1.29 is 15.2 Å². The van der Waals surface area contributed by atoms with Gasteiger partial charge in [0.15, 0.2) is 6.17 Å². The summed E-state index contributed by atoms with van der Waals surface area (Å²) in [4.78, 5) is 4.94. The third kappa shape index (κ3) is 3.60. The summed E-state index contributed by atoms with van der Waals surface area (Å²) < 4.78 is 5.24. The molecular weight excluding hydrogens is 300 g/mol. The Morgan fingerprint density at radius 2 is 1.92 bits per heavy atom. The van der Waals surface area contributed by atoms with Gasteiger partial charge in [-0.1, -0.05) is 19.1 Å². The van der Waals surface area contributed by atoms with Gasteiger partial charge in [0.1, 0.15) is 17.5 Å². The molecule has 0 saturated heterocycles. The summed E-state index contributed by atoms with van der Waals surface area (Å²) in [5.41, 5.74) is 3.22. The van der Waals surface area contributed by atoms with Gasteiger partial charge in [-0.05, 0) is 48.4 Å². The summed E-state index contributed by atoms with van der Waals surface area (Å²) in [6, 6.07) is 15.9. The summed E-state index contributed by atoms with van der Waals surface area (Å²) in [5.74, 6) is 1.22. The quantitative estimate of drug-likeness (QED) is 0.888. The number of aliphatic imine (C=N–C) groups is 1. The minimum Gasteiger partial charge on any atom is -0.507 e. The molecule has 24 heavy (non-hydrogen) atoms. The van der Waals surface area contributed by atoms with Crippen LogP contribution in [0, 0.1) is 0 Å². The molecule has 1 heterocycles. The number of benzene rings is 2. The van der Waals surface area contributed by atoms with Crippen LogP contribution in [0.2, 0.25) is 0 Å². The minimum absolute atomic E-state index is 0.192. The zero-order valence-electron chi connectivity index (χ0n) is 14.3. The zero-order valence-corrected chi connectivity index (χ0v) is 14.3. The number of hydrogen-bond acceptors (Lipinski definition) is 3. The van der Waals surface area contributed by atoms with E-state index in [4.69, 9.17) is 9.73 Å². The van der Waals surface area contributed by atoms with Crippen molar-refractivity contribution in [3.8, 4) is 11.5 Å². The van der Waals surface area contributed by atoms with Crippen molar-refractivity contribution in [3.05, 3.63) is 59.7 Å². The number of ether oxygens (including phenoxy) is 1. The van der Waals surface area contributed by atoms with Crippen LogP contribution in [0.3, 0.4) is 0 Å². The molecule has 0 amide bonds. The van der Waals surface area contributed by atoms with Gasteiger partial charge in [-0.2, -0.15) is 0 Å². The largest absolute Gasteiger partial charge is 0.507 e. The van der Waals surface area contributed by atoms with Gasteiger partial charge in [0.05, 0.1) is 18.4 Å². The Kier molecular flexibility index (Phi) is 5.16. The van der Waals surface area contributed by atoms with Gasteiger partial charge >= 0.3 is 0 Å². The average molecular weight is 325 g/mol. The van der Waals surface area contributed by atoms with Crippen LogP contribution in [0.5, 0.6) is 11.5 Å². The molecule has 126 valence electrons. The second-order valence-electron chi connectivity index (χ2n) is 6.22. The van der Waals surface area contributed by atoms with Gasteiger partial charge in [-0.3, -0.25) is 0 Å². The maximum Gasteiger partial charge on any atom is 0.180 e. The van der Waals surface area contributed by atoms with Crippen molar-refractivity contribution in [3.63, 3.8) is 0 Å². The number of aromatic hydroxyl groups is 1. The molecule has 1 aliphatic heterocycles. The van der Waals surface area contributed by atoms with Gasteiger partial charge in [0, 0.05) is 12.8 Å². The standard InChI is InChI=1S/C20H24N2O2/c1-3-6-20-21-17(14-9-11-15(24-2)12-10-14)13-18(22-20)16-7-4-5-8-19(16)23/h4-5,7-12,18,20,22-23H,3,6,13H2,1-2H3/p+1/t18-,20-/m0/s1. The minimum atomic E-state index is 0.192. The SMILES string of the molecule is CCC[C@H]1N=C(c2ccc(OC)cc2)C[C@@H](c2ccccc2O)[NH2+]1. The number of quaternary nitrogens is 1. The topological polar surface area (TPSA) is 58.4 Å². The van der Waals surface area contributed by atoms with Gasteiger partial charge in [0.2, 0.25) is 0 Å². The van der Waals surface area contributed by atoms with Crippen LogP contribution >= 0.6 is 0 Å². The van der Waals surface area contributed by atoms with Crippen LogP contribution in [0.1, 0.15) is 43.4 Å². The predicted molar refractivity (Wildman–Crippen MR) is 95.6 cm³/mol. The van der Waals surface area contributed by atoms with E-state index in [1.54, 1.807) is 13.2 Å². The lowest BCUT2D eigenvalue weighted by molar-refractivity contribution is -0.729. The first kappa shape index (κ1) is 16.5. The first-order valence-corrected chi connectivity index (χ1v) is 8.55. The number of rotatable bonds is 5. The van der Waals surface area contributed by atoms with Crippen LogP contribution in [0.25, 0.3) is 0 Å². The van der Waals surface area contributed by atoms with Gasteiger partial charge < -0.3 is 15.2 Å². The lowest BCUT2D eigenvalue weighted by Gasteiger charge is -2.27. The van der Waals surface area contributed by atoms with E-state index in [1.807, 2.05) is 30.3 Å². The molecule has 0 unspecified atom stereocenters. The lowest BCUT2D eigenvalue weighted by atomic mass is 9.94. The van der Waals surface area contributed by atoms with Crippen LogP contribution in [0.4, 0.5) is 0 Å². The van der Waals surface area contributed by atoms with Crippen molar-refractivity contribution in [2.75, 3.05) is 7.11 Å². The van der Waals surface area contributed by atoms with E-state index in [0.717, 1.165) is 41.9 Å². The molecule has 0 aliphatic carbocycles. The molecule has 0 aromatic heterocycles. The van der Waals surface area contributed by atoms with E-state index in [9.17, 15) is 5.11 Å². The highest BCUT2D eigenvalue weighted by Crippen LogP contribution is 2.27. The summed E-state index contributed by atoms with van der Waals surface area (Å²) in [7, 11) is 1.67. The van der Waals surface area contributed by atoms with Crippen molar-refractivity contribution in [1.29, 1.82) is 0 Å². The van der Waals surface area contributed by atoms with E-state index >= 15 is 0 Å². The maximum atomic E-state index is 10.2. The molecule has 0 saturated carbocycles. The van der Waals surface area contributed by atoms with Crippen molar-refractivity contribution >= 4 is 5.71 Å². The lowest BCUT2D eigenvalue weighted by Crippen LogP contribution is -2.91. The second kappa shape index (κ2) is 7.49. The first-order chi connectivity index (χ1) is 11.7. The Morgan fingerprint density at radius 3 is 2.58 bits per heavy atom.